The molecule has 1 aromatic heterocycles. The first-order valence-electron chi connectivity index (χ1n) is 7.52. The molecular formula is C17H16N4O3. The van der Waals surface area contributed by atoms with Crippen LogP contribution in [-0.2, 0) is 0 Å². The fraction of sp³-hybridized carbons (Fsp3) is 0.294. The molecule has 1 aromatic carbocycles. The number of carbonyl (C=O) groups is 1. The van der Waals surface area contributed by atoms with E-state index in [9.17, 15) is 4.79 Å². The Morgan fingerprint density at radius 1 is 1.38 bits per heavy atom. The van der Waals surface area contributed by atoms with Gasteiger partial charge in [0.05, 0.1) is 13.7 Å². The summed E-state index contributed by atoms with van der Waals surface area (Å²) in [7, 11) is 1.57. The highest BCUT2D eigenvalue weighted by Gasteiger charge is 2.29. The molecule has 2 heterocycles. The van der Waals surface area contributed by atoms with Crippen LogP contribution in [0.5, 0.6) is 11.6 Å². The van der Waals surface area contributed by atoms with Gasteiger partial charge in [0.1, 0.15) is 17.9 Å². The zero-order valence-corrected chi connectivity index (χ0v) is 13.2. The number of methoxy groups -OCH3 is 1. The van der Waals surface area contributed by atoms with Crippen molar-refractivity contribution in [3.05, 3.63) is 47.9 Å². The predicted molar refractivity (Wildman–Crippen MR) is 84.7 cm³/mol. The van der Waals surface area contributed by atoms with Crippen LogP contribution in [0.25, 0.3) is 0 Å². The van der Waals surface area contributed by atoms with Crippen molar-refractivity contribution < 1.29 is 14.3 Å². The fourth-order valence-electron chi connectivity index (χ4n) is 2.59. The van der Waals surface area contributed by atoms with Gasteiger partial charge < -0.3 is 14.4 Å². The van der Waals surface area contributed by atoms with Gasteiger partial charge in [-0.2, -0.15) is 5.26 Å². The lowest BCUT2D eigenvalue weighted by atomic mass is 10.2. The first kappa shape index (κ1) is 15.7. The molecule has 1 atom stereocenters. The minimum Gasteiger partial charge on any atom is -0.497 e. The highest BCUT2D eigenvalue weighted by molar-refractivity contribution is 5.94. The Balaban J connectivity index is 1.67. The first-order chi connectivity index (χ1) is 11.7. The number of carbonyl (C=O) groups excluding carboxylic acids is 1. The molecule has 0 radical (unpaired) electrons. The standard InChI is InChI=1S/C17H16N4O3/c1-23-13-4-2-3-12(9-13)17(22)21-8-5-14(11-21)24-16-15(10-18)19-6-7-20-16/h2-4,6-7,9,14H,5,8,11H2,1H3. The Labute approximate surface area is 139 Å². The number of aromatic nitrogens is 2. The molecule has 3 rings (SSSR count). The summed E-state index contributed by atoms with van der Waals surface area (Å²) >= 11 is 0. The second kappa shape index (κ2) is 6.96. The second-order valence-corrected chi connectivity index (χ2v) is 5.33. The summed E-state index contributed by atoms with van der Waals surface area (Å²) in [6.45, 7) is 1.03. The van der Waals surface area contributed by atoms with Crippen LogP contribution in [0.3, 0.4) is 0 Å². The highest BCUT2D eigenvalue weighted by Crippen LogP contribution is 2.21. The van der Waals surface area contributed by atoms with E-state index >= 15 is 0 Å². The van der Waals surface area contributed by atoms with E-state index in [1.165, 1.54) is 12.4 Å². The van der Waals surface area contributed by atoms with Crippen LogP contribution in [0.15, 0.2) is 36.7 Å². The maximum atomic E-state index is 12.6. The van der Waals surface area contributed by atoms with Crippen LogP contribution in [0.2, 0.25) is 0 Å². The lowest BCUT2D eigenvalue weighted by Crippen LogP contribution is -2.31. The normalized spacial score (nSPS) is 16.5. The predicted octanol–water partition coefficient (Wildman–Crippen LogP) is 1.65. The lowest BCUT2D eigenvalue weighted by molar-refractivity contribution is 0.0770. The molecule has 0 bridgehead atoms. The van der Waals surface area contributed by atoms with Gasteiger partial charge in [-0.25, -0.2) is 9.97 Å². The average Bonchev–Trinajstić information content (AvgIpc) is 3.10. The number of benzene rings is 1. The molecule has 0 spiro atoms. The summed E-state index contributed by atoms with van der Waals surface area (Å²) in [6.07, 6.45) is 3.39. The number of nitriles is 1. The molecular weight excluding hydrogens is 308 g/mol. The highest BCUT2D eigenvalue weighted by atomic mass is 16.5. The molecule has 7 heteroatoms. The molecule has 1 saturated heterocycles. The van der Waals surface area contributed by atoms with Gasteiger partial charge >= 0.3 is 0 Å². The Hall–Kier alpha value is -3.14. The molecule has 1 unspecified atom stereocenters. The molecule has 7 nitrogen and oxygen atoms in total. The monoisotopic (exact) mass is 324 g/mol. The summed E-state index contributed by atoms with van der Waals surface area (Å²) < 4.78 is 10.9. The van der Waals surface area contributed by atoms with Gasteiger partial charge in [0.2, 0.25) is 5.69 Å². The summed E-state index contributed by atoms with van der Waals surface area (Å²) in [4.78, 5) is 22.2. The van der Waals surface area contributed by atoms with Gasteiger partial charge in [0.15, 0.2) is 0 Å². The summed E-state index contributed by atoms with van der Waals surface area (Å²) in [6, 6.07) is 9.01. The zero-order chi connectivity index (χ0) is 16.9. The second-order valence-electron chi connectivity index (χ2n) is 5.33. The Morgan fingerprint density at radius 3 is 3.00 bits per heavy atom. The molecule has 2 aromatic rings. The number of rotatable bonds is 4. The molecule has 1 amide bonds. The zero-order valence-electron chi connectivity index (χ0n) is 13.2. The van der Waals surface area contributed by atoms with Gasteiger partial charge in [-0.05, 0) is 18.2 Å². The third-order valence-electron chi connectivity index (χ3n) is 3.80. The molecule has 1 aliphatic heterocycles. The van der Waals surface area contributed by atoms with Crippen molar-refractivity contribution in [3.8, 4) is 17.7 Å². The average molecular weight is 324 g/mol. The molecule has 24 heavy (non-hydrogen) atoms. The van der Waals surface area contributed by atoms with Crippen molar-refractivity contribution in [1.29, 1.82) is 5.26 Å². The third-order valence-corrected chi connectivity index (χ3v) is 3.80. The molecule has 1 fully saturated rings. The van der Waals surface area contributed by atoms with Gasteiger partial charge in [-0.3, -0.25) is 4.79 Å². The minimum atomic E-state index is -0.205. The number of nitrogens with zero attached hydrogens (tertiary/aromatic N) is 4. The van der Waals surface area contributed by atoms with E-state index in [-0.39, 0.29) is 23.6 Å². The van der Waals surface area contributed by atoms with Crippen molar-refractivity contribution in [2.24, 2.45) is 0 Å². The smallest absolute Gasteiger partial charge is 0.254 e. The van der Waals surface area contributed by atoms with Gasteiger partial charge in [0.25, 0.3) is 11.8 Å². The Morgan fingerprint density at radius 2 is 2.21 bits per heavy atom. The van der Waals surface area contributed by atoms with E-state index in [4.69, 9.17) is 14.7 Å². The summed E-state index contributed by atoms with van der Waals surface area (Å²) in [5.74, 6) is 0.784. The Kier molecular flexibility index (Phi) is 4.57. The maximum Gasteiger partial charge on any atom is 0.254 e. The fourth-order valence-corrected chi connectivity index (χ4v) is 2.59. The van der Waals surface area contributed by atoms with Gasteiger partial charge in [-0.1, -0.05) is 6.07 Å². The minimum absolute atomic E-state index is 0.0698. The van der Waals surface area contributed by atoms with Crippen molar-refractivity contribution >= 4 is 5.91 Å². The quantitative estimate of drug-likeness (QED) is 0.849. The van der Waals surface area contributed by atoms with Crippen molar-refractivity contribution in [2.45, 2.75) is 12.5 Å². The van der Waals surface area contributed by atoms with Crippen LogP contribution in [0.4, 0.5) is 0 Å². The molecule has 0 N–H and O–H groups in total. The molecule has 122 valence electrons. The van der Waals surface area contributed by atoms with Crippen LogP contribution >= 0.6 is 0 Å². The van der Waals surface area contributed by atoms with E-state index in [0.717, 1.165) is 0 Å². The van der Waals surface area contributed by atoms with Gasteiger partial charge in [0, 0.05) is 30.9 Å². The summed E-state index contributed by atoms with van der Waals surface area (Å²) in [5, 5.41) is 9.02. The van der Waals surface area contributed by atoms with E-state index in [0.29, 0.717) is 30.8 Å². The van der Waals surface area contributed by atoms with Gasteiger partial charge in [-0.15, -0.1) is 0 Å². The summed E-state index contributed by atoms with van der Waals surface area (Å²) in [5.41, 5.74) is 0.724. The molecule has 1 aliphatic rings. The van der Waals surface area contributed by atoms with Crippen LogP contribution < -0.4 is 9.47 Å². The number of hydrogen-bond acceptors (Lipinski definition) is 6. The lowest BCUT2D eigenvalue weighted by Gasteiger charge is -2.17. The SMILES string of the molecule is COc1cccc(C(=O)N2CCC(Oc3nccnc3C#N)C2)c1. The topological polar surface area (TPSA) is 88.3 Å². The number of likely N-dealkylation sites (tertiary alicyclic amines) is 1. The van der Waals surface area contributed by atoms with Crippen LogP contribution in [0, 0.1) is 11.3 Å². The van der Waals surface area contributed by atoms with Crippen molar-refractivity contribution in [3.63, 3.8) is 0 Å². The largest absolute Gasteiger partial charge is 0.497 e. The number of ether oxygens (including phenoxy) is 2. The van der Waals surface area contributed by atoms with Crippen molar-refractivity contribution in [2.75, 3.05) is 20.2 Å². The van der Waals surface area contributed by atoms with E-state index < -0.39 is 0 Å². The van der Waals surface area contributed by atoms with Crippen molar-refractivity contribution in [1.82, 2.24) is 14.9 Å². The number of amides is 1. The maximum absolute atomic E-state index is 12.6. The Bertz CT molecular complexity index is 787. The van der Waals surface area contributed by atoms with Crippen LogP contribution in [0.1, 0.15) is 22.5 Å². The first-order valence-corrected chi connectivity index (χ1v) is 7.52. The van der Waals surface area contributed by atoms with E-state index in [2.05, 4.69) is 9.97 Å². The van der Waals surface area contributed by atoms with E-state index in [1.807, 2.05) is 6.07 Å². The third kappa shape index (κ3) is 3.27. The number of hydrogen-bond donors (Lipinski definition) is 0. The molecule has 0 aliphatic carbocycles. The molecule has 0 saturated carbocycles. The van der Waals surface area contributed by atoms with E-state index in [1.54, 1.807) is 36.3 Å². The van der Waals surface area contributed by atoms with Crippen LogP contribution in [-0.4, -0.2) is 47.1 Å².